The second kappa shape index (κ2) is 11.2. The number of fused-ring (bicyclic) bond motifs is 1. The maximum absolute atomic E-state index is 10.6. The highest BCUT2D eigenvalue weighted by atomic mass is 19.4. The molecule has 5 aromatic rings. The van der Waals surface area contributed by atoms with Gasteiger partial charge in [0.1, 0.15) is 17.8 Å². The number of nitrogens with one attached hydrogen (secondary N) is 2. The molecule has 12 heteroatoms. The van der Waals surface area contributed by atoms with Crippen molar-refractivity contribution >= 4 is 22.7 Å². The fourth-order valence-corrected chi connectivity index (χ4v) is 3.39. The maximum Gasteiger partial charge on any atom is 0.490 e. The van der Waals surface area contributed by atoms with Gasteiger partial charge in [-0.15, -0.1) is 0 Å². The molecule has 0 fully saturated rings. The van der Waals surface area contributed by atoms with Crippen LogP contribution in [0.5, 0.6) is 0 Å². The van der Waals surface area contributed by atoms with Crippen LogP contribution < -0.4 is 5.32 Å². The zero-order valence-corrected chi connectivity index (χ0v) is 19.1. The standard InChI is InChI=1S/C23H19N7.C2HF3O2/c1-2-6-19-18(5-1)16(14-28-19)8-10-27-22-11-21(17-12-24-15-25-13-17)29-23(30-22)20-7-3-4-9-26-20;3-2(4,5)1(6)7/h1-7,9,11-15,28H,8,10H2,(H,27,29,30);(H,6,7). The summed E-state index contributed by atoms with van der Waals surface area (Å²) in [6.45, 7) is 0.741. The Morgan fingerprint density at radius 3 is 2.43 bits per heavy atom. The molecule has 5 rings (SSSR count). The second-order valence-electron chi connectivity index (χ2n) is 7.64. The first-order valence-electron chi connectivity index (χ1n) is 11.0. The Hall–Kier alpha value is -4.87. The molecule has 4 heterocycles. The quantitative estimate of drug-likeness (QED) is 0.300. The number of benzene rings is 1. The highest BCUT2D eigenvalue weighted by Gasteiger charge is 2.38. The summed E-state index contributed by atoms with van der Waals surface area (Å²) in [5, 5.41) is 11.8. The number of aliphatic carboxylic acids is 1. The van der Waals surface area contributed by atoms with E-state index in [-0.39, 0.29) is 0 Å². The van der Waals surface area contributed by atoms with Crippen LogP contribution >= 0.6 is 0 Å². The first-order valence-corrected chi connectivity index (χ1v) is 11.0. The van der Waals surface area contributed by atoms with Crippen molar-refractivity contribution in [1.82, 2.24) is 29.9 Å². The van der Waals surface area contributed by atoms with Crippen LogP contribution in [-0.4, -0.2) is 53.7 Å². The molecule has 0 unspecified atom stereocenters. The molecule has 0 atom stereocenters. The molecule has 188 valence electrons. The first-order chi connectivity index (χ1) is 17.8. The molecule has 0 bridgehead atoms. The fraction of sp³-hybridized carbons (Fsp3) is 0.120. The van der Waals surface area contributed by atoms with Crippen molar-refractivity contribution in [2.75, 3.05) is 11.9 Å². The Bertz CT molecular complexity index is 1420. The van der Waals surface area contributed by atoms with Gasteiger partial charge in [0, 0.05) is 53.9 Å². The third-order valence-electron chi connectivity index (χ3n) is 5.09. The second-order valence-corrected chi connectivity index (χ2v) is 7.64. The Balaban J connectivity index is 0.000000405. The van der Waals surface area contributed by atoms with Crippen LogP contribution in [0.3, 0.4) is 0 Å². The van der Waals surface area contributed by atoms with E-state index in [4.69, 9.17) is 9.90 Å². The molecule has 3 N–H and O–H groups in total. The van der Waals surface area contributed by atoms with Gasteiger partial charge in [0.2, 0.25) is 0 Å². The molecular formula is C25H20F3N7O2. The summed E-state index contributed by atoms with van der Waals surface area (Å²) in [7, 11) is 0. The summed E-state index contributed by atoms with van der Waals surface area (Å²) in [4.78, 5) is 34.2. The van der Waals surface area contributed by atoms with Gasteiger partial charge in [0.25, 0.3) is 0 Å². The van der Waals surface area contributed by atoms with Crippen LogP contribution in [0.1, 0.15) is 5.56 Å². The maximum atomic E-state index is 10.6. The smallest absolute Gasteiger partial charge is 0.475 e. The molecule has 0 spiro atoms. The van der Waals surface area contributed by atoms with E-state index in [0.717, 1.165) is 41.3 Å². The number of alkyl halides is 3. The van der Waals surface area contributed by atoms with Crippen LogP contribution in [0.15, 0.2) is 79.6 Å². The number of rotatable bonds is 6. The van der Waals surface area contributed by atoms with Gasteiger partial charge in [-0.05, 0) is 30.2 Å². The van der Waals surface area contributed by atoms with Gasteiger partial charge in [-0.2, -0.15) is 13.2 Å². The van der Waals surface area contributed by atoms with Gasteiger partial charge in [-0.25, -0.2) is 24.7 Å². The van der Waals surface area contributed by atoms with E-state index in [1.807, 2.05) is 30.3 Å². The third kappa shape index (κ3) is 6.63. The molecule has 1 aromatic carbocycles. The zero-order valence-electron chi connectivity index (χ0n) is 19.1. The van der Waals surface area contributed by atoms with Crippen LogP contribution in [0.25, 0.3) is 33.7 Å². The van der Waals surface area contributed by atoms with Gasteiger partial charge < -0.3 is 15.4 Å². The molecule has 0 aliphatic heterocycles. The number of nitrogens with zero attached hydrogens (tertiary/aromatic N) is 5. The zero-order chi connectivity index (χ0) is 26.3. The SMILES string of the molecule is O=C(O)C(F)(F)F.c1ccc(-c2nc(NCCc3c[nH]c4ccccc34)cc(-c3cncnc3)n2)nc1. The number of hydrogen-bond acceptors (Lipinski definition) is 7. The molecule has 0 aliphatic rings. The Kier molecular flexibility index (Phi) is 7.67. The Morgan fingerprint density at radius 1 is 1.00 bits per heavy atom. The number of aromatic nitrogens is 6. The minimum atomic E-state index is -5.08. The third-order valence-corrected chi connectivity index (χ3v) is 5.09. The van der Waals surface area contributed by atoms with Crippen molar-refractivity contribution in [1.29, 1.82) is 0 Å². The van der Waals surface area contributed by atoms with Gasteiger partial charge in [-0.1, -0.05) is 24.3 Å². The predicted molar refractivity (Wildman–Crippen MR) is 130 cm³/mol. The monoisotopic (exact) mass is 507 g/mol. The van der Waals surface area contributed by atoms with E-state index >= 15 is 0 Å². The number of halogens is 3. The van der Waals surface area contributed by atoms with Gasteiger partial charge in [0.05, 0.1) is 5.69 Å². The molecular weight excluding hydrogens is 487 g/mol. The largest absolute Gasteiger partial charge is 0.490 e. The normalized spacial score (nSPS) is 11.0. The van der Waals surface area contributed by atoms with E-state index in [0.29, 0.717) is 5.82 Å². The highest BCUT2D eigenvalue weighted by Crippen LogP contribution is 2.23. The average molecular weight is 507 g/mol. The van der Waals surface area contributed by atoms with E-state index in [1.165, 1.54) is 17.3 Å². The molecule has 9 nitrogen and oxygen atoms in total. The summed E-state index contributed by atoms with van der Waals surface area (Å²) < 4.78 is 31.7. The number of hydrogen-bond donors (Lipinski definition) is 3. The molecule has 0 radical (unpaired) electrons. The Labute approximate surface area is 208 Å². The summed E-state index contributed by atoms with van der Waals surface area (Å²) in [5.41, 5.74) is 4.72. The number of carboxylic acids is 1. The number of para-hydroxylation sites is 1. The Morgan fingerprint density at radius 2 is 1.73 bits per heavy atom. The lowest BCUT2D eigenvalue weighted by molar-refractivity contribution is -0.192. The van der Waals surface area contributed by atoms with Crippen molar-refractivity contribution in [2.24, 2.45) is 0 Å². The van der Waals surface area contributed by atoms with Crippen molar-refractivity contribution < 1.29 is 23.1 Å². The predicted octanol–water partition coefficient (Wildman–Crippen LogP) is 4.76. The number of aromatic amines is 1. The number of carboxylic acid groups (broad SMARTS) is 1. The van der Waals surface area contributed by atoms with Crippen LogP contribution in [0.2, 0.25) is 0 Å². The lowest BCUT2D eigenvalue weighted by atomic mass is 10.1. The highest BCUT2D eigenvalue weighted by molar-refractivity contribution is 5.83. The van der Waals surface area contributed by atoms with Crippen molar-refractivity contribution in [3.05, 3.63) is 85.2 Å². The molecule has 0 aliphatic carbocycles. The minimum absolute atomic E-state index is 0.562. The summed E-state index contributed by atoms with van der Waals surface area (Å²) in [6.07, 6.45) is 4.58. The van der Waals surface area contributed by atoms with Gasteiger partial charge >= 0.3 is 12.1 Å². The summed E-state index contributed by atoms with van der Waals surface area (Å²) in [5.74, 6) is -1.46. The van der Waals surface area contributed by atoms with Gasteiger partial charge in [0.15, 0.2) is 5.82 Å². The summed E-state index contributed by atoms with van der Waals surface area (Å²) in [6, 6.07) is 15.9. The van der Waals surface area contributed by atoms with Crippen molar-refractivity contribution in [3.63, 3.8) is 0 Å². The van der Waals surface area contributed by atoms with E-state index in [9.17, 15) is 13.2 Å². The topological polar surface area (TPSA) is 130 Å². The first kappa shape index (κ1) is 25.2. The lowest BCUT2D eigenvalue weighted by Crippen LogP contribution is -2.21. The number of anilines is 1. The van der Waals surface area contributed by atoms with Crippen molar-refractivity contribution in [2.45, 2.75) is 12.6 Å². The lowest BCUT2D eigenvalue weighted by Gasteiger charge is -2.10. The van der Waals surface area contributed by atoms with Crippen LogP contribution in [0, 0.1) is 0 Å². The van der Waals surface area contributed by atoms with E-state index < -0.39 is 12.1 Å². The van der Waals surface area contributed by atoms with E-state index in [2.05, 4.69) is 59.6 Å². The van der Waals surface area contributed by atoms with E-state index in [1.54, 1.807) is 18.6 Å². The number of H-pyrrole nitrogens is 1. The molecule has 0 amide bonds. The van der Waals surface area contributed by atoms with Gasteiger partial charge in [-0.3, -0.25) is 4.98 Å². The van der Waals surface area contributed by atoms with Crippen LogP contribution in [-0.2, 0) is 11.2 Å². The minimum Gasteiger partial charge on any atom is -0.475 e. The van der Waals surface area contributed by atoms with Crippen molar-refractivity contribution in [3.8, 4) is 22.8 Å². The fourth-order valence-electron chi connectivity index (χ4n) is 3.39. The molecule has 0 saturated carbocycles. The molecule has 4 aromatic heterocycles. The average Bonchev–Trinajstić information content (AvgIpc) is 3.32. The number of carbonyl (C=O) groups is 1. The summed E-state index contributed by atoms with van der Waals surface area (Å²) >= 11 is 0. The molecule has 0 saturated heterocycles. The van der Waals surface area contributed by atoms with Crippen LogP contribution in [0.4, 0.5) is 19.0 Å². The number of pyridine rings is 1. The molecule has 37 heavy (non-hydrogen) atoms.